The number of rotatable bonds is 6. The second-order valence-corrected chi connectivity index (χ2v) is 5.92. The molecule has 0 aliphatic heterocycles. The fourth-order valence-corrected chi connectivity index (χ4v) is 2.73. The molecule has 0 aromatic heterocycles. The van der Waals surface area contributed by atoms with Gasteiger partial charge in [-0.05, 0) is 42.2 Å². The molecule has 124 valence electrons. The molecule has 2 rings (SSSR count). The number of nitrogens with one attached hydrogen (secondary N) is 1. The standard InChI is InChI=1S/C19H19NO3S/c1-13(21)20-16-6-4-5-15(12-16)17(22)9-7-14-8-10-19(24-3)18(11-14)23-2/h4-12H,1-3H3,(H,20,21)/b9-7+. The summed E-state index contributed by atoms with van der Waals surface area (Å²) >= 11 is 1.61. The summed E-state index contributed by atoms with van der Waals surface area (Å²) in [5, 5.41) is 2.67. The largest absolute Gasteiger partial charge is 0.496 e. The lowest BCUT2D eigenvalue weighted by Crippen LogP contribution is -2.06. The van der Waals surface area contributed by atoms with Crippen molar-refractivity contribution in [1.82, 2.24) is 0 Å². The Bertz CT molecular complexity index is 784. The monoisotopic (exact) mass is 341 g/mol. The first-order valence-electron chi connectivity index (χ1n) is 7.35. The van der Waals surface area contributed by atoms with Crippen molar-refractivity contribution < 1.29 is 14.3 Å². The van der Waals surface area contributed by atoms with Crippen molar-refractivity contribution in [1.29, 1.82) is 0 Å². The molecule has 1 amide bonds. The number of methoxy groups -OCH3 is 1. The van der Waals surface area contributed by atoms with E-state index in [2.05, 4.69) is 5.32 Å². The van der Waals surface area contributed by atoms with Gasteiger partial charge in [-0.2, -0.15) is 0 Å². The molecule has 0 fully saturated rings. The highest BCUT2D eigenvalue weighted by atomic mass is 32.2. The van der Waals surface area contributed by atoms with Gasteiger partial charge in [-0.25, -0.2) is 0 Å². The highest BCUT2D eigenvalue weighted by molar-refractivity contribution is 7.98. The van der Waals surface area contributed by atoms with Crippen LogP contribution >= 0.6 is 11.8 Å². The average Bonchev–Trinajstić information content (AvgIpc) is 2.59. The summed E-state index contributed by atoms with van der Waals surface area (Å²) in [5.74, 6) is 0.482. The Kier molecular flexibility index (Phi) is 6.21. The molecule has 24 heavy (non-hydrogen) atoms. The second kappa shape index (κ2) is 8.36. The predicted molar refractivity (Wildman–Crippen MR) is 98.9 cm³/mol. The summed E-state index contributed by atoms with van der Waals surface area (Å²) < 4.78 is 5.34. The molecule has 4 nitrogen and oxygen atoms in total. The van der Waals surface area contributed by atoms with Crippen molar-refractivity contribution in [2.45, 2.75) is 11.8 Å². The van der Waals surface area contributed by atoms with Gasteiger partial charge >= 0.3 is 0 Å². The Morgan fingerprint density at radius 2 is 1.96 bits per heavy atom. The zero-order valence-corrected chi connectivity index (χ0v) is 14.6. The second-order valence-electron chi connectivity index (χ2n) is 5.07. The van der Waals surface area contributed by atoms with Gasteiger partial charge in [0.25, 0.3) is 0 Å². The quantitative estimate of drug-likeness (QED) is 0.484. The number of ether oxygens (including phenoxy) is 1. The van der Waals surface area contributed by atoms with Gasteiger partial charge in [0.1, 0.15) is 5.75 Å². The molecule has 2 aromatic carbocycles. The molecule has 0 unspecified atom stereocenters. The third kappa shape index (κ3) is 4.73. The lowest BCUT2D eigenvalue weighted by molar-refractivity contribution is -0.114. The molecule has 0 bridgehead atoms. The van der Waals surface area contributed by atoms with Crippen molar-refractivity contribution in [2.24, 2.45) is 0 Å². The Morgan fingerprint density at radius 3 is 2.62 bits per heavy atom. The van der Waals surface area contributed by atoms with Gasteiger partial charge in [-0.1, -0.05) is 24.3 Å². The number of hydrogen-bond donors (Lipinski definition) is 1. The van der Waals surface area contributed by atoms with Crippen LogP contribution in [0, 0.1) is 0 Å². The number of anilines is 1. The highest BCUT2D eigenvalue weighted by Crippen LogP contribution is 2.28. The van der Waals surface area contributed by atoms with Gasteiger partial charge in [-0.15, -0.1) is 11.8 Å². The van der Waals surface area contributed by atoms with Crippen LogP contribution in [0.2, 0.25) is 0 Å². The Balaban J connectivity index is 2.17. The summed E-state index contributed by atoms with van der Waals surface area (Å²) in [7, 11) is 1.63. The SMILES string of the molecule is COc1cc(/C=C/C(=O)c2cccc(NC(C)=O)c2)ccc1SC. The van der Waals surface area contributed by atoms with E-state index in [4.69, 9.17) is 4.74 Å². The van der Waals surface area contributed by atoms with E-state index in [1.165, 1.54) is 13.0 Å². The smallest absolute Gasteiger partial charge is 0.221 e. The molecule has 0 atom stereocenters. The summed E-state index contributed by atoms with van der Waals surface area (Å²) in [5.41, 5.74) is 2.01. The van der Waals surface area contributed by atoms with Gasteiger partial charge in [-0.3, -0.25) is 9.59 Å². The maximum Gasteiger partial charge on any atom is 0.221 e. The molecule has 5 heteroatoms. The average molecular weight is 341 g/mol. The number of amides is 1. The summed E-state index contributed by atoms with van der Waals surface area (Å²) in [6, 6.07) is 12.7. The van der Waals surface area contributed by atoms with Crippen LogP contribution in [0.4, 0.5) is 5.69 Å². The first kappa shape index (κ1) is 17.8. The fraction of sp³-hybridized carbons (Fsp3) is 0.158. The summed E-state index contributed by atoms with van der Waals surface area (Å²) in [6.45, 7) is 1.43. The van der Waals surface area contributed by atoms with E-state index in [0.717, 1.165) is 16.2 Å². The molecule has 0 aliphatic carbocycles. The van der Waals surface area contributed by atoms with E-state index in [0.29, 0.717) is 11.3 Å². The molecule has 0 heterocycles. The van der Waals surface area contributed by atoms with Gasteiger partial charge < -0.3 is 10.1 Å². The van der Waals surface area contributed by atoms with Gasteiger partial charge in [0.05, 0.1) is 7.11 Å². The number of carbonyl (C=O) groups excluding carboxylic acids is 2. The van der Waals surface area contributed by atoms with Crippen LogP contribution in [-0.4, -0.2) is 25.1 Å². The predicted octanol–water partition coefficient (Wildman–Crippen LogP) is 4.27. The van der Waals surface area contributed by atoms with Crippen LogP contribution in [0.1, 0.15) is 22.8 Å². The number of carbonyl (C=O) groups is 2. The number of hydrogen-bond acceptors (Lipinski definition) is 4. The van der Waals surface area contributed by atoms with Crippen molar-refractivity contribution in [3.63, 3.8) is 0 Å². The van der Waals surface area contributed by atoms with Gasteiger partial charge in [0, 0.05) is 23.1 Å². The van der Waals surface area contributed by atoms with Gasteiger partial charge in [0.2, 0.25) is 5.91 Å². The molecule has 0 radical (unpaired) electrons. The number of thioether (sulfide) groups is 1. The topological polar surface area (TPSA) is 55.4 Å². The lowest BCUT2D eigenvalue weighted by Gasteiger charge is -2.06. The molecule has 1 N–H and O–H groups in total. The number of ketones is 1. The van der Waals surface area contributed by atoms with Crippen LogP contribution in [0.15, 0.2) is 53.4 Å². The molecular formula is C19H19NO3S. The summed E-state index contributed by atoms with van der Waals surface area (Å²) in [4.78, 5) is 24.4. The minimum Gasteiger partial charge on any atom is -0.496 e. The van der Waals surface area contributed by atoms with Crippen LogP contribution in [0.5, 0.6) is 5.75 Å². The molecule has 0 saturated heterocycles. The Labute approximate surface area is 145 Å². The first-order valence-corrected chi connectivity index (χ1v) is 8.58. The molecule has 0 aliphatic rings. The van der Waals surface area contributed by atoms with Crippen LogP contribution in [-0.2, 0) is 4.79 Å². The van der Waals surface area contributed by atoms with Crippen molar-refractivity contribution >= 4 is 35.2 Å². The van der Waals surface area contributed by atoms with Gasteiger partial charge in [0.15, 0.2) is 5.78 Å². The normalized spacial score (nSPS) is 10.6. The maximum atomic E-state index is 12.3. The molecule has 0 saturated carbocycles. The number of allylic oxidation sites excluding steroid dienone is 1. The van der Waals surface area contributed by atoms with Crippen molar-refractivity contribution in [3.05, 3.63) is 59.7 Å². The number of benzene rings is 2. The van der Waals surface area contributed by atoms with E-state index < -0.39 is 0 Å². The fourth-order valence-electron chi connectivity index (χ4n) is 2.18. The van der Waals surface area contributed by atoms with Crippen molar-refractivity contribution in [2.75, 3.05) is 18.7 Å². The molecular weight excluding hydrogens is 322 g/mol. The van der Waals surface area contributed by atoms with E-state index in [9.17, 15) is 9.59 Å². The first-order chi connectivity index (χ1) is 11.5. The highest BCUT2D eigenvalue weighted by Gasteiger charge is 2.05. The Morgan fingerprint density at radius 1 is 1.17 bits per heavy atom. The van der Waals surface area contributed by atoms with Crippen molar-refractivity contribution in [3.8, 4) is 5.75 Å². The lowest BCUT2D eigenvalue weighted by atomic mass is 10.1. The van der Waals surface area contributed by atoms with E-state index in [1.807, 2.05) is 24.5 Å². The summed E-state index contributed by atoms with van der Waals surface area (Å²) in [6.07, 6.45) is 5.25. The van der Waals surface area contributed by atoms with E-state index in [-0.39, 0.29) is 11.7 Å². The third-order valence-corrected chi connectivity index (χ3v) is 4.08. The zero-order valence-electron chi connectivity index (χ0n) is 13.8. The van der Waals surface area contributed by atoms with E-state index >= 15 is 0 Å². The molecule has 0 spiro atoms. The minimum absolute atomic E-state index is 0.130. The minimum atomic E-state index is -0.170. The third-order valence-electron chi connectivity index (χ3n) is 3.30. The van der Waals surface area contributed by atoms with Crippen LogP contribution in [0.3, 0.4) is 0 Å². The van der Waals surface area contributed by atoms with Crippen LogP contribution in [0.25, 0.3) is 6.08 Å². The maximum absolute atomic E-state index is 12.3. The Hall–Kier alpha value is -2.53. The van der Waals surface area contributed by atoms with Crippen LogP contribution < -0.4 is 10.1 Å². The zero-order chi connectivity index (χ0) is 17.5. The molecule has 2 aromatic rings. The van der Waals surface area contributed by atoms with E-state index in [1.54, 1.807) is 49.2 Å².